The van der Waals surface area contributed by atoms with E-state index in [1.54, 1.807) is 0 Å². The van der Waals surface area contributed by atoms with E-state index in [-0.39, 0.29) is 0 Å². The molecule has 3 fully saturated rings. The molecule has 3 aliphatic rings. The van der Waals surface area contributed by atoms with Crippen molar-refractivity contribution in [2.24, 2.45) is 17.8 Å². The van der Waals surface area contributed by atoms with Gasteiger partial charge in [0, 0.05) is 6.54 Å². The van der Waals surface area contributed by atoms with Crippen LogP contribution in [0.1, 0.15) is 44.1 Å². The van der Waals surface area contributed by atoms with Gasteiger partial charge >= 0.3 is 0 Å². The van der Waals surface area contributed by atoms with Crippen LogP contribution in [0.5, 0.6) is 0 Å². The Kier molecular flexibility index (Phi) is 3.99. The lowest BCUT2D eigenvalue weighted by Crippen LogP contribution is -2.33. The van der Waals surface area contributed by atoms with Crippen LogP contribution in [-0.4, -0.2) is 6.54 Å². The first-order valence-electron chi connectivity index (χ1n) is 7.66. The predicted octanol–water partition coefficient (Wildman–Crippen LogP) is 3.99. The molecule has 0 heterocycles. The molecule has 0 aromatic heterocycles. The summed E-state index contributed by atoms with van der Waals surface area (Å²) in [6.45, 7) is 2.23. The number of rotatable bonds is 5. The predicted molar refractivity (Wildman–Crippen MR) is 76.3 cm³/mol. The van der Waals surface area contributed by atoms with Crippen LogP contribution in [0.3, 0.4) is 0 Å². The van der Waals surface area contributed by atoms with Crippen LogP contribution in [0.2, 0.25) is 0 Å². The Morgan fingerprint density at radius 3 is 2.44 bits per heavy atom. The van der Waals surface area contributed by atoms with Crippen molar-refractivity contribution in [3.63, 3.8) is 0 Å². The van der Waals surface area contributed by atoms with Gasteiger partial charge in [-0.2, -0.15) is 0 Å². The van der Waals surface area contributed by atoms with Gasteiger partial charge in [-0.1, -0.05) is 43.2 Å². The van der Waals surface area contributed by atoms with Gasteiger partial charge in [0.1, 0.15) is 0 Å². The molecule has 0 radical (unpaired) electrons. The third-order valence-electron chi connectivity index (χ3n) is 5.06. The highest BCUT2D eigenvalue weighted by Crippen LogP contribution is 2.45. The van der Waals surface area contributed by atoms with Gasteiger partial charge < -0.3 is 5.32 Å². The number of hydrogen-bond donors (Lipinski definition) is 1. The van der Waals surface area contributed by atoms with E-state index in [2.05, 4.69) is 35.6 Å². The van der Waals surface area contributed by atoms with Crippen molar-refractivity contribution in [3.05, 3.63) is 35.9 Å². The molecular formula is C17H25N. The Bertz CT molecular complexity index is 351. The normalized spacial score (nSPS) is 30.6. The van der Waals surface area contributed by atoms with Crippen molar-refractivity contribution < 1.29 is 0 Å². The second kappa shape index (κ2) is 5.88. The topological polar surface area (TPSA) is 12.0 Å². The number of hydrogen-bond acceptors (Lipinski definition) is 1. The highest BCUT2D eigenvalue weighted by molar-refractivity contribution is 5.14. The molecule has 0 spiro atoms. The molecule has 3 saturated carbocycles. The number of fused-ring (bicyclic) bond motifs is 3. The summed E-state index contributed by atoms with van der Waals surface area (Å²) in [7, 11) is 0. The maximum absolute atomic E-state index is 3.61. The second-order valence-corrected chi connectivity index (χ2v) is 6.23. The van der Waals surface area contributed by atoms with Gasteiger partial charge in [-0.05, 0) is 55.5 Å². The second-order valence-electron chi connectivity index (χ2n) is 6.23. The van der Waals surface area contributed by atoms with Gasteiger partial charge in [0.15, 0.2) is 0 Å². The first-order valence-corrected chi connectivity index (χ1v) is 7.66. The molecule has 1 nitrogen and oxygen atoms in total. The highest BCUT2D eigenvalue weighted by Gasteiger charge is 2.34. The summed E-state index contributed by atoms with van der Waals surface area (Å²) < 4.78 is 0. The smallest absolute Gasteiger partial charge is 0.0205 e. The molecule has 1 N–H and O–H groups in total. The van der Waals surface area contributed by atoms with E-state index < -0.39 is 0 Å². The van der Waals surface area contributed by atoms with E-state index in [1.807, 2.05) is 0 Å². The fourth-order valence-electron chi connectivity index (χ4n) is 3.99. The monoisotopic (exact) mass is 243 g/mol. The number of benzene rings is 1. The lowest BCUT2D eigenvalue weighted by molar-refractivity contribution is 0.0930. The Balaban J connectivity index is 1.38. The summed E-state index contributed by atoms with van der Waals surface area (Å²) in [5.41, 5.74) is 1.41. The van der Waals surface area contributed by atoms with Crippen LogP contribution in [0.15, 0.2) is 30.3 Å². The summed E-state index contributed by atoms with van der Waals surface area (Å²) >= 11 is 0. The fraction of sp³-hybridized carbons (Fsp3) is 0.647. The zero-order chi connectivity index (χ0) is 12.2. The van der Waals surface area contributed by atoms with Gasteiger partial charge in [0.25, 0.3) is 0 Å². The lowest BCUT2D eigenvalue weighted by atomic mass is 9.64. The third-order valence-corrected chi connectivity index (χ3v) is 5.06. The van der Waals surface area contributed by atoms with Crippen molar-refractivity contribution in [1.82, 2.24) is 5.32 Å². The minimum Gasteiger partial charge on any atom is -0.313 e. The fourth-order valence-corrected chi connectivity index (χ4v) is 3.99. The number of nitrogens with one attached hydrogen (secondary N) is 1. The van der Waals surface area contributed by atoms with Crippen molar-refractivity contribution in [3.8, 4) is 0 Å². The summed E-state index contributed by atoms with van der Waals surface area (Å²) in [4.78, 5) is 0. The Morgan fingerprint density at radius 2 is 1.78 bits per heavy atom. The van der Waals surface area contributed by atoms with Gasteiger partial charge in [0.2, 0.25) is 0 Å². The van der Waals surface area contributed by atoms with E-state index in [1.165, 1.54) is 50.6 Å². The summed E-state index contributed by atoms with van der Waals surface area (Å²) in [5, 5.41) is 3.61. The standard InChI is InChI=1S/C17H25N/c1-2-4-15(5-3-1)13-18-11-10-17-12-14-6-8-16(17)9-7-14/h1-5,14,16-18H,6-13H2. The van der Waals surface area contributed by atoms with Crippen molar-refractivity contribution in [2.75, 3.05) is 6.54 Å². The van der Waals surface area contributed by atoms with Gasteiger partial charge in [-0.15, -0.1) is 0 Å². The largest absolute Gasteiger partial charge is 0.313 e. The lowest BCUT2D eigenvalue weighted by Gasteiger charge is -2.42. The van der Waals surface area contributed by atoms with Crippen LogP contribution in [0.25, 0.3) is 0 Å². The van der Waals surface area contributed by atoms with Crippen LogP contribution >= 0.6 is 0 Å². The Hall–Kier alpha value is -0.820. The minimum atomic E-state index is 1.03. The summed E-state index contributed by atoms with van der Waals surface area (Å²) in [5.74, 6) is 3.17. The molecule has 3 aliphatic carbocycles. The zero-order valence-corrected chi connectivity index (χ0v) is 11.3. The average Bonchev–Trinajstić information content (AvgIpc) is 2.46. The van der Waals surface area contributed by atoms with Gasteiger partial charge in [0.05, 0.1) is 0 Å². The maximum atomic E-state index is 3.61. The molecule has 0 amide bonds. The van der Waals surface area contributed by atoms with Crippen LogP contribution < -0.4 is 5.32 Å². The summed E-state index contributed by atoms with van der Waals surface area (Å²) in [6, 6.07) is 10.7. The van der Waals surface area contributed by atoms with E-state index in [0.29, 0.717) is 0 Å². The highest BCUT2D eigenvalue weighted by atomic mass is 14.8. The zero-order valence-electron chi connectivity index (χ0n) is 11.3. The summed E-state index contributed by atoms with van der Waals surface area (Å²) in [6.07, 6.45) is 9.02. The molecule has 1 atom stereocenters. The average molecular weight is 243 g/mol. The van der Waals surface area contributed by atoms with Crippen LogP contribution in [0.4, 0.5) is 0 Å². The van der Waals surface area contributed by atoms with Crippen molar-refractivity contribution >= 4 is 0 Å². The van der Waals surface area contributed by atoms with E-state index in [0.717, 1.165) is 24.3 Å². The van der Waals surface area contributed by atoms with E-state index in [9.17, 15) is 0 Å². The molecule has 0 saturated heterocycles. The van der Waals surface area contributed by atoms with Gasteiger partial charge in [-0.3, -0.25) is 0 Å². The van der Waals surface area contributed by atoms with Crippen LogP contribution in [-0.2, 0) is 6.54 Å². The SMILES string of the molecule is c1ccc(CNCCC2CC3CCC2CC3)cc1. The Morgan fingerprint density at radius 1 is 1.00 bits per heavy atom. The van der Waals surface area contributed by atoms with Crippen molar-refractivity contribution in [1.29, 1.82) is 0 Å². The molecular weight excluding hydrogens is 218 g/mol. The van der Waals surface area contributed by atoms with E-state index >= 15 is 0 Å². The molecule has 98 valence electrons. The molecule has 2 bridgehead atoms. The van der Waals surface area contributed by atoms with Crippen molar-refractivity contribution in [2.45, 2.75) is 45.1 Å². The molecule has 4 rings (SSSR count). The quantitative estimate of drug-likeness (QED) is 0.771. The third kappa shape index (κ3) is 2.95. The molecule has 0 aliphatic heterocycles. The minimum absolute atomic E-state index is 1.03. The Labute approximate surface area is 111 Å². The van der Waals surface area contributed by atoms with E-state index in [4.69, 9.17) is 0 Å². The molecule has 1 aromatic rings. The first-order chi connectivity index (χ1) is 8.92. The van der Waals surface area contributed by atoms with Crippen LogP contribution in [0, 0.1) is 17.8 Å². The molecule has 1 aromatic carbocycles. The molecule has 1 unspecified atom stereocenters. The maximum Gasteiger partial charge on any atom is 0.0205 e. The first kappa shape index (κ1) is 12.2. The molecule has 1 heteroatoms. The molecule has 18 heavy (non-hydrogen) atoms. The van der Waals surface area contributed by atoms with Gasteiger partial charge in [-0.25, -0.2) is 0 Å².